The van der Waals surface area contributed by atoms with E-state index in [0.29, 0.717) is 52.7 Å². The van der Waals surface area contributed by atoms with Gasteiger partial charge >= 0.3 is 0 Å². The molecular weight excluding hydrogens is 476 g/mol. The van der Waals surface area contributed by atoms with Gasteiger partial charge in [-0.2, -0.15) is 5.10 Å². The molecule has 0 radical (unpaired) electrons. The highest BCUT2D eigenvalue weighted by molar-refractivity contribution is 6.35. The number of likely N-dealkylation sites (tertiary alicyclic amines) is 1. The molecule has 1 saturated heterocycles. The molecule has 8 nitrogen and oxygen atoms in total. The molecule has 0 bridgehead atoms. The van der Waals surface area contributed by atoms with E-state index in [0.717, 1.165) is 18.4 Å². The van der Waals surface area contributed by atoms with Crippen LogP contribution in [-0.4, -0.2) is 55.6 Å². The van der Waals surface area contributed by atoms with Crippen LogP contribution in [0.2, 0.25) is 5.02 Å². The van der Waals surface area contributed by atoms with Crippen LogP contribution in [0.1, 0.15) is 57.5 Å². The first kappa shape index (κ1) is 22.7. The number of fused-ring (bicyclic) bond motifs is 1. The lowest BCUT2D eigenvalue weighted by molar-refractivity contribution is 0.0671. The predicted molar refractivity (Wildman–Crippen MR) is 136 cm³/mol. The molecule has 2 fully saturated rings. The molecule has 1 aliphatic heterocycles. The summed E-state index contributed by atoms with van der Waals surface area (Å²) < 4.78 is 1.88. The zero-order valence-corrected chi connectivity index (χ0v) is 20.3. The van der Waals surface area contributed by atoms with Gasteiger partial charge in [-0.3, -0.25) is 24.2 Å². The Morgan fingerprint density at radius 1 is 1.00 bits per heavy atom. The Hall–Kier alpha value is -3.78. The van der Waals surface area contributed by atoms with Crippen LogP contribution < -0.4 is 5.32 Å². The Morgan fingerprint density at radius 3 is 2.61 bits per heavy atom. The molecule has 2 aliphatic rings. The van der Waals surface area contributed by atoms with Crippen molar-refractivity contribution in [1.82, 2.24) is 30.0 Å². The van der Waals surface area contributed by atoms with E-state index in [9.17, 15) is 9.59 Å². The summed E-state index contributed by atoms with van der Waals surface area (Å²) >= 11 is 6.41. The summed E-state index contributed by atoms with van der Waals surface area (Å²) in [7, 11) is 0. The highest BCUT2D eigenvalue weighted by atomic mass is 35.5. The highest BCUT2D eigenvalue weighted by Crippen LogP contribution is 2.34. The van der Waals surface area contributed by atoms with Crippen molar-refractivity contribution in [1.29, 1.82) is 0 Å². The number of hydrogen-bond donors (Lipinski definition) is 1. The SMILES string of the molecule is O=C(N[C@@H]1CCN(C(=O)c2cc(Cl)c3nccnc3c2)C[C@@H]1c1ccccc1)c1cnn(C2CC2)c1. The van der Waals surface area contributed by atoms with E-state index < -0.39 is 0 Å². The lowest BCUT2D eigenvalue weighted by Crippen LogP contribution is -2.51. The number of aromatic nitrogens is 4. The van der Waals surface area contributed by atoms with E-state index in [4.69, 9.17) is 11.6 Å². The van der Waals surface area contributed by atoms with Gasteiger partial charge in [0.1, 0.15) is 5.52 Å². The summed E-state index contributed by atoms with van der Waals surface area (Å²) in [6.45, 7) is 0.996. The summed E-state index contributed by atoms with van der Waals surface area (Å²) in [5.74, 6) is -0.296. The molecule has 36 heavy (non-hydrogen) atoms. The van der Waals surface area contributed by atoms with Crippen LogP contribution in [0.3, 0.4) is 0 Å². The van der Waals surface area contributed by atoms with Gasteiger partial charge in [0.2, 0.25) is 0 Å². The quantitative estimate of drug-likeness (QED) is 0.442. The third-order valence-electron chi connectivity index (χ3n) is 7.00. The molecule has 4 aromatic rings. The third-order valence-corrected chi connectivity index (χ3v) is 7.29. The number of nitrogens with zero attached hydrogens (tertiary/aromatic N) is 5. The minimum Gasteiger partial charge on any atom is -0.348 e. The van der Waals surface area contributed by atoms with Crippen LogP contribution in [0.25, 0.3) is 11.0 Å². The van der Waals surface area contributed by atoms with E-state index in [1.807, 2.05) is 46.1 Å². The van der Waals surface area contributed by atoms with Gasteiger partial charge in [0.05, 0.1) is 28.3 Å². The van der Waals surface area contributed by atoms with Crippen molar-refractivity contribution in [2.75, 3.05) is 13.1 Å². The second-order valence-electron chi connectivity index (χ2n) is 9.46. The Kier molecular flexibility index (Phi) is 5.89. The predicted octanol–water partition coefficient (Wildman–Crippen LogP) is 4.24. The average Bonchev–Trinajstić information content (AvgIpc) is 3.65. The van der Waals surface area contributed by atoms with Gasteiger partial charge in [-0.25, -0.2) is 0 Å². The van der Waals surface area contributed by atoms with Crippen molar-refractivity contribution < 1.29 is 9.59 Å². The first-order chi connectivity index (χ1) is 17.6. The van der Waals surface area contributed by atoms with E-state index in [1.54, 1.807) is 30.7 Å². The van der Waals surface area contributed by atoms with Crippen molar-refractivity contribution in [2.45, 2.75) is 37.3 Å². The van der Waals surface area contributed by atoms with Crippen molar-refractivity contribution in [3.63, 3.8) is 0 Å². The number of nitrogens with one attached hydrogen (secondary N) is 1. The number of piperidine rings is 1. The Labute approximate surface area is 213 Å². The maximum Gasteiger partial charge on any atom is 0.254 e. The van der Waals surface area contributed by atoms with E-state index >= 15 is 0 Å². The van der Waals surface area contributed by atoms with Crippen LogP contribution in [0.5, 0.6) is 0 Å². The summed E-state index contributed by atoms with van der Waals surface area (Å²) in [6.07, 6.45) is 9.48. The fourth-order valence-electron chi connectivity index (χ4n) is 4.93. The van der Waals surface area contributed by atoms with Crippen LogP contribution in [0, 0.1) is 0 Å². The standard InChI is InChI=1S/C27H25ClN6O2/c28-22-12-18(13-24-25(22)30-10-9-29-24)27(36)33-11-8-23(21(16-33)17-4-2-1-3-5-17)32-26(35)19-14-31-34(15-19)20-6-7-20/h1-5,9-10,12-15,20-21,23H,6-8,11,16H2,(H,32,35)/t21-,23-/m1/s1. The van der Waals surface area contributed by atoms with Gasteiger partial charge in [0.25, 0.3) is 11.8 Å². The molecule has 2 amide bonds. The van der Waals surface area contributed by atoms with Crippen LogP contribution in [0.15, 0.2) is 67.3 Å². The van der Waals surface area contributed by atoms with Gasteiger partial charge in [-0.15, -0.1) is 0 Å². The van der Waals surface area contributed by atoms with Gasteiger partial charge in [-0.1, -0.05) is 41.9 Å². The second kappa shape index (κ2) is 9.35. The molecule has 0 unspecified atom stereocenters. The minimum atomic E-state index is -0.132. The monoisotopic (exact) mass is 500 g/mol. The second-order valence-corrected chi connectivity index (χ2v) is 9.87. The maximum atomic E-state index is 13.5. The Morgan fingerprint density at radius 2 is 1.81 bits per heavy atom. The number of carbonyl (C=O) groups is 2. The van der Waals surface area contributed by atoms with Gasteiger partial charge in [-0.05, 0) is 37.0 Å². The minimum absolute atomic E-state index is 0.0537. The third kappa shape index (κ3) is 4.44. The molecule has 6 rings (SSSR count). The average molecular weight is 501 g/mol. The number of halogens is 1. The fraction of sp³-hybridized carbons (Fsp3) is 0.296. The lowest BCUT2D eigenvalue weighted by Gasteiger charge is -2.39. The molecule has 1 N–H and O–H groups in total. The molecular formula is C27H25ClN6O2. The van der Waals surface area contributed by atoms with Gasteiger partial charge < -0.3 is 10.2 Å². The topological polar surface area (TPSA) is 93.0 Å². The molecule has 2 aromatic carbocycles. The number of carbonyl (C=O) groups excluding carboxylic acids is 2. The number of benzene rings is 2. The highest BCUT2D eigenvalue weighted by Gasteiger charge is 2.34. The van der Waals surface area contributed by atoms with Crippen molar-refractivity contribution in [3.05, 3.63) is 89.0 Å². The molecule has 3 heterocycles. The van der Waals surface area contributed by atoms with Gasteiger partial charge in [0, 0.05) is 49.2 Å². The zero-order valence-electron chi connectivity index (χ0n) is 19.5. The smallest absolute Gasteiger partial charge is 0.254 e. The first-order valence-corrected chi connectivity index (χ1v) is 12.5. The Balaban J connectivity index is 1.23. The molecule has 182 valence electrons. The molecule has 9 heteroatoms. The molecule has 0 spiro atoms. The molecule has 1 aliphatic carbocycles. The summed E-state index contributed by atoms with van der Waals surface area (Å²) in [6, 6.07) is 13.7. The zero-order chi connectivity index (χ0) is 24.6. The summed E-state index contributed by atoms with van der Waals surface area (Å²) in [5, 5.41) is 7.97. The largest absolute Gasteiger partial charge is 0.348 e. The van der Waals surface area contributed by atoms with Crippen molar-refractivity contribution >= 4 is 34.4 Å². The van der Waals surface area contributed by atoms with Crippen LogP contribution in [-0.2, 0) is 0 Å². The van der Waals surface area contributed by atoms with Crippen LogP contribution >= 0.6 is 11.6 Å². The maximum absolute atomic E-state index is 13.5. The summed E-state index contributed by atoms with van der Waals surface area (Å²) in [4.78, 5) is 37.0. The van der Waals surface area contributed by atoms with Crippen LogP contribution in [0.4, 0.5) is 0 Å². The molecule has 2 atom stereocenters. The van der Waals surface area contributed by atoms with E-state index in [2.05, 4.69) is 20.4 Å². The lowest BCUT2D eigenvalue weighted by atomic mass is 9.85. The van der Waals surface area contributed by atoms with E-state index in [1.165, 1.54) is 0 Å². The normalized spacial score (nSPS) is 19.9. The van der Waals surface area contributed by atoms with Gasteiger partial charge in [0.15, 0.2) is 0 Å². The Bertz CT molecular complexity index is 1430. The van der Waals surface area contributed by atoms with Crippen molar-refractivity contribution in [3.8, 4) is 0 Å². The summed E-state index contributed by atoms with van der Waals surface area (Å²) in [5.41, 5.74) is 3.29. The number of hydrogen-bond acceptors (Lipinski definition) is 5. The molecule has 2 aromatic heterocycles. The number of amides is 2. The van der Waals surface area contributed by atoms with E-state index in [-0.39, 0.29) is 23.8 Å². The first-order valence-electron chi connectivity index (χ1n) is 12.2. The fourth-order valence-corrected chi connectivity index (χ4v) is 5.19. The number of rotatable bonds is 5. The molecule has 1 saturated carbocycles. The van der Waals surface area contributed by atoms with Crippen molar-refractivity contribution in [2.24, 2.45) is 0 Å².